The minimum absolute atomic E-state index is 0.480. The number of aliphatic hydroxyl groups is 1. The molecule has 3 rings (SSSR count). The third-order valence-electron chi connectivity index (χ3n) is 3.66. The van der Waals surface area contributed by atoms with Crippen LogP contribution in [0.1, 0.15) is 31.5 Å². The predicted molar refractivity (Wildman–Crippen MR) is 67.8 cm³/mol. The van der Waals surface area contributed by atoms with Crippen LogP contribution >= 0.6 is 22.9 Å². The number of rotatable bonds is 1. The molecule has 2 aliphatic rings. The zero-order chi connectivity index (χ0) is 11.2. The molecule has 3 heterocycles. The molecule has 1 aromatic heterocycles. The largest absolute Gasteiger partial charge is 0.382 e. The summed E-state index contributed by atoms with van der Waals surface area (Å²) in [6.07, 6.45) is 7.30. The van der Waals surface area contributed by atoms with Crippen LogP contribution < -0.4 is 0 Å². The van der Waals surface area contributed by atoms with Crippen molar-refractivity contribution in [3.63, 3.8) is 0 Å². The zero-order valence-electron chi connectivity index (χ0n) is 8.88. The molecule has 0 aliphatic carbocycles. The van der Waals surface area contributed by atoms with E-state index in [4.69, 9.17) is 0 Å². The van der Waals surface area contributed by atoms with Gasteiger partial charge in [-0.3, -0.25) is 0 Å². The Bertz CT molecular complexity index is 372. The first-order valence-corrected chi connectivity index (χ1v) is 6.59. The van der Waals surface area contributed by atoms with Gasteiger partial charge in [-0.25, -0.2) is 13.1 Å². The molecule has 16 heavy (non-hydrogen) atoms. The van der Waals surface area contributed by atoms with Gasteiger partial charge in [0.1, 0.15) is 5.60 Å². The van der Waals surface area contributed by atoms with Crippen LogP contribution in [0.15, 0.2) is 18.5 Å². The minimum Gasteiger partial charge on any atom is -0.382 e. The number of halogens is 1. The fourth-order valence-electron chi connectivity index (χ4n) is 2.89. The first-order chi connectivity index (χ1) is 7.69. The topological polar surface area (TPSA) is 49.3 Å². The van der Waals surface area contributed by atoms with E-state index < -0.39 is 5.60 Å². The Morgan fingerprint density at radius 3 is 2.38 bits per heavy atom. The van der Waals surface area contributed by atoms with Gasteiger partial charge in [0.05, 0.1) is 0 Å². The van der Waals surface area contributed by atoms with Crippen molar-refractivity contribution < 1.29 is 5.11 Å². The number of nitrogens with zero attached hydrogens (tertiary/aromatic N) is 3. The Morgan fingerprint density at radius 1 is 1.25 bits per heavy atom. The quantitative estimate of drug-likeness (QED) is 0.628. The van der Waals surface area contributed by atoms with Crippen LogP contribution in [0.5, 0.6) is 0 Å². The van der Waals surface area contributed by atoms with Gasteiger partial charge in [0.25, 0.3) is 0 Å². The lowest BCUT2D eigenvalue weighted by atomic mass is 9.87. The molecule has 0 spiro atoms. The summed E-state index contributed by atoms with van der Waals surface area (Å²) in [4.78, 5) is 8.43. The van der Waals surface area contributed by atoms with Gasteiger partial charge in [0, 0.05) is 47.3 Å². The Kier molecular flexibility index (Phi) is 2.64. The van der Waals surface area contributed by atoms with Crippen molar-refractivity contribution in [1.82, 2.24) is 13.1 Å². The lowest BCUT2D eigenvalue weighted by molar-refractivity contribution is -0.0350. The Balaban J connectivity index is 1.91. The summed E-state index contributed by atoms with van der Waals surface area (Å²) in [5, 5.41) is 10.7. The van der Waals surface area contributed by atoms with Crippen molar-refractivity contribution >= 4 is 22.9 Å². The molecule has 0 radical (unpaired) electrons. The van der Waals surface area contributed by atoms with Gasteiger partial charge in [-0.1, -0.05) is 0 Å². The second kappa shape index (κ2) is 3.89. The summed E-state index contributed by atoms with van der Waals surface area (Å²) in [6, 6.07) is 2.75. The Hall–Kier alpha value is -0.270. The molecule has 2 atom stereocenters. The molecular formula is C11H14IN3O. The van der Waals surface area contributed by atoms with Crippen molar-refractivity contribution in [2.24, 2.45) is 0 Å². The standard InChI is InChI=1S/C11H14IN3O/c12-15-8-2-3-9(15)7-11(16,6-8)10-13-4-1-5-14-10/h1,4-5,8-9,16H,2-3,6-7H2. The molecule has 0 saturated carbocycles. The monoisotopic (exact) mass is 331 g/mol. The highest BCUT2D eigenvalue weighted by atomic mass is 127. The van der Waals surface area contributed by atoms with E-state index in [1.54, 1.807) is 18.5 Å². The number of piperidine rings is 1. The van der Waals surface area contributed by atoms with Crippen LogP contribution in [0.4, 0.5) is 0 Å². The van der Waals surface area contributed by atoms with Crippen LogP contribution in [0.3, 0.4) is 0 Å². The normalized spacial score (nSPS) is 38.9. The second-order valence-corrected chi connectivity index (χ2v) is 5.86. The fraction of sp³-hybridized carbons (Fsp3) is 0.636. The SMILES string of the molecule is OC1(c2ncccn2)CC2CCC(C1)N2I. The number of hydrogen-bond acceptors (Lipinski definition) is 4. The minimum atomic E-state index is -0.811. The molecule has 4 nitrogen and oxygen atoms in total. The summed E-state index contributed by atoms with van der Waals surface area (Å²) in [7, 11) is 0. The number of aromatic nitrogens is 2. The van der Waals surface area contributed by atoms with Crippen molar-refractivity contribution in [2.45, 2.75) is 43.4 Å². The van der Waals surface area contributed by atoms with Gasteiger partial charge in [-0.15, -0.1) is 0 Å². The predicted octanol–water partition coefficient (Wildman–Crippen LogP) is 1.64. The number of hydrogen-bond donors (Lipinski definition) is 1. The molecule has 1 aromatic rings. The van der Waals surface area contributed by atoms with Crippen LogP contribution in [0.25, 0.3) is 0 Å². The lowest BCUT2D eigenvalue weighted by Gasteiger charge is -2.39. The average molecular weight is 331 g/mol. The van der Waals surface area contributed by atoms with E-state index in [9.17, 15) is 5.11 Å². The second-order valence-electron chi connectivity index (χ2n) is 4.74. The van der Waals surface area contributed by atoms with Crippen LogP contribution in [0, 0.1) is 0 Å². The van der Waals surface area contributed by atoms with Gasteiger partial charge in [0.2, 0.25) is 0 Å². The van der Waals surface area contributed by atoms with Crippen LogP contribution in [-0.2, 0) is 5.60 Å². The van der Waals surface area contributed by atoms with Gasteiger partial charge in [0.15, 0.2) is 5.82 Å². The molecule has 0 amide bonds. The van der Waals surface area contributed by atoms with E-state index in [0.29, 0.717) is 17.9 Å². The van der Waals surface area contributed by atoms with Crippen molar-refractivity contribution in [3.05, 3.63) is 24.3 Å². The molecule has 2 aliphatic heterocycles. The summed E-state index contributed by atoms with van der Waals surface area (Å²) < 4.78 is 2.37. The van der Waals surface area contributed by atoms with Crippen molar-refractivity contribution in [3.8, 4) is 0 Å². The maximum absolute atomic E-state index is 10.7. The molecule has 2 unspecified atom stereocenters. The highest BCUT2D eigenvalue weighted by Gasteiger charge is 2.49. The highest BCUT2D eigenvalue weighted by molar-refractivity contribution is 14.1. The molecule has 5 heteroatoms. The molecule has 1 N–H and O–H groups in total. The van der Waals surface area contributed by atoms with Crippen LogP contribution in [-0.4, -0.2) is 30.3 Å². The lowest BCUT2D eigenvalue weighted by Crippen LogP contribution is -2.45. The summed E-state index contributed by atoms with van der Waals surface area (Å²) in [5.41, 5.74) is -0.811. The van der Waals surface area contributed by atoms with E-state index in [-0.39, 0.29) is 0 Å². The van der Waals surface area contributed by atoms with Gasteiger partial charge >= 0.3 is 0 Å². The summed E-state index contributed by atoms with van der Waals surface area (Å²) >= 11 is 2.39. The zero-order valence-corrected chi connectivity index (χ0v) is 11.0. The highest BCUT2D eigenvalue weighted by Crippen LogP contribution is 2.46. The smallest absolute Gasteiger partial charge is 0.160 e. The Morgan fingerprint density at radius 2 is 1.81 bits per heavy atom. The molecular weight excluding hydrogens is 317 g/mol. The van der Waals surface area contributed by atoms with E-state index in [1.807, 2.05) is 0 Å². The van der Waals surface area contributed by atoms with E-state index in [2.05, 4.69) is 35.9 Å². The first-order valence-electron chi connectivity index (χ1n) is 5.63. The van der Waals surface area contributed by atoms with Crippen molar-refractivity contribution in [2.75, 3.05) is 0 Å². The fourth-order valence-corrected chi connectivity index (χ4v) is 3.84. The molecule has 2 bridgehead atoms. The van der Waals surface area contributed by atoms with Crippen LogP contribution in [0.2, 0.25) is 0 Å². The maximum atomic E-state index is 10.7. The van der Waals surface area contributed by atoms with Gasteiger partial charge < -0.3 is 5.11 Å². The molecule has 2 saturated heterocycles. The maximum Gasteiger partial charge on any atom is 0.160 e. The molecule has 2 fully saturated rings. The van der Waals surface area contributed by atoms with E-state index >= 15 is 0 Å². The molecule has 0 aromatic carbocycles. The van der Waals surface area contributed by atoms with E-state index in [1.165, 1.54) is 12.8 Å². The third kappa shape index (κ3) is 1.65. The van der Waals surface area contributed by atoms with E-state index in [0.717, 1.165) is 12.8 Å². The van der Waals surface area contributed by atoms with Gasteiger partial charge in [-0.2, -0.15) is 0 Å². The van der Waals surface area contributed by atoms with Gasteiger partial charge in [-0.05, 0) is 31.7 Å². The number of fused-ring (bicyclic) bond motifs is 2. The molecule has 86 valence electrons. The Labute approximate surface area is 109 Å². The average Bonchev–Trinajstić information content (AvgIpc) is 2.54. The third-order valence-corrected chi connectivity index (χ3v) is 5.24. The summed E-state index contributed by atoms with van der Waals surface area (Å²) in [5.74, 6) is 0.594. The summed E-state index contributed by atoms with van der Waals surface area (Å²) in [6.45, 7) is 0. The van der Waals surface area contributed by atoms with Crippen molar-refractivity contribution in [1.29, 1.82) is 0 Å². The first kappa shape index (κ1) is 10.9.